The molecule has 4 heteroatoms. The van der Waals surface area contributed by atoms with Crippen LogP contribution in [0.15, 0.2) is 46.9 Å². The first kappa shape index (κ1) is 14.9. The molecule has 2 rings (SSSR count). The Bertz CT molecular complexity index is 586. The van der Waals surface area contributed by atoms with E-state index in [9.17, 15) is 5.11 Å². The number of hydrogen-bond donors (Lipinski definition) is 2. The second kappa shape index (κ2) is 6.77. The van der Waals surface area contributed by atoms with Gasteiger partial charge in [0, 0.05) is 17.1 Å². The molecule has 0 saturated carbocycles. The van der Waals surface area contributed by atoms with Gasteiger partial charge >= 0.3 is 0 Å². The fraction of sp³-hybridized carbons (Fsp3) is 0.250. The number of benzene rings is 2. The number of halogens is 1. The molecule has 0 aliphatic heterocycles. The average molecular weight is 336 g/mol. The highest BCUT2D eigenvalue weighted by atomic mass is 79.9. The quantitative estimate of drug-likeness (QED) is 0.867. The molecule has 2 aromatic carbocycles. The lowest BCUT2D eigenvalue weighted by molar-refractivity contribution is 0.373. The predicted octanol–water partition coefficient (Wildman–Crippen LogP) is 4.01. The summed E-state index contributed by atoms with van der Waals surface area (Å²) in [6.45, 7) is 2.80. The van der Waals surface area contributed by atoms with Crippen LogP contribution in [0.1, 0.15) is 24.1 Å². The molecule has 0 aromatic heterocycles. The highest BCUT2D eigenvalue weighted by molar-refractivity contribution is 9.10. The Kier molecular flexibility index (Phi) is 5.04. The molecule has 2 N–H and O–H groups in total. The van der Waals surface area contributed by atoms with Gasteiger partial charge in [-0.15, -0.1) is 0 Å². The SMILES string of the molecule is COc1ccc(CNC(C)c2ccccc2Br)cc1O. The third kappa shape index (κ3) is 3.52. The van der Waals surface area contributed by atoms with Gasteiger partial charge in [0.25, 0.3) is 0 Å². The van der Waals surface area contributed by atoms with Crippen LogP contribution in [-0.2, 0) is 6.54 Å². The molecule has 3 nitrogen and oxygen atoms in total. The predicted molar refractivity (Wildman–Crippen MR) is 84.1 cm³/mol. The average Bonchev–Trinajstić information content (AvgIpc) is 2.45. The van der Waals surface area contributed by atoms with Gasteiger partial charge in [-0.2, -0.15) is 0 Å². The van der Waals surface area contributed by atoms with Gasteiger partial charge in [-0.25, -0.2) is 0 Å². The molecule has 0 amide bonds. The molecule has 0 saturated heterocycles. The Morgan fingerprint density at radius 3 is 2.65 bits per heavy atom. The van der Waals surface area contributed by atoms with Crippen LogP contribution in [0, 0.1) is 0 Å². The number of phenols is 1. The van der Waals surface area contributed by atoms with Crippen molar-refractivity contribution in [3.8, 4) is 11.5 Å². The second-order valence-electron chi connectivity index (χ2n) is 4.63. The first-order valence-corrected chi connectivity index (χ1v) is 7.25. The minimum atomic E-state index is 0.167. The molecule has 20 heavy (non-hydrogen) atoms. The smallest absolute Gasteiger partial charge is 0.160 e. The molecule has 0 spiro atoms. The first-order valence-electron chi connectivity index (χ1n) is 6.45. The Labute approximate surface area is 127 Å². The lowest BCUT2D eigenvalue weighted by Gasteiger charge is -2.16. The molecule has 0 aliphatic carbocycles. The number of nitrogens with one attached hydrogen (secondary N) is 1. The highest BCUT2D eigenvalue weighted by Gasteiger charge is 2.09. The second-order valence-corrected chi connectivity index (χ2v) is 5.48. The van der Waals surface area contributed by atoms with Crippen molar-refractivity contribution in [3.63, 3.8) is 0 Å². The van der Waals surface area contributed by atoms with Crippen LogP contribution in [0.4, 0.5) is 0 Å². The van der Waals surface area contributed by atoms with Gasteiger partial charge in [-0.05, 0) is 36.2 Å². The molecule has 1 unspecified atom stereocenters. The summed E-state index contributed by atoms with van der Waals surface area (Å²) in [6, 6.07) is 13.8. The number of aromatic hydroxyl groups is 1. The van der Waals surface area contributed by atoms with Crippen LogP contribution in [0.3, 0.4) is 0 Å². The zero-order valence-corrected chi connectivity index (χ0v) is 13.1. The van der Waals surface area contributed by atoms with Crippen molar-refractivity contribution in [1.82, 2.24) is 5.32 Å². The number of hydrogen-bond acceptors (Lipinski definition) is 3. The van der Waals surface area contributed by atoms with Gasteiger partial charge in [0.1, 0.15) is 0 Å². The van der Waals surface area contributed by atoms with Crippen molar-refractivity contribution in [1.29, 1.82) is 0 Å². The van der Waals surface area contributed by atoms with Crippen LogP contribution in [0.25, 0.3) is 0 Å². The number of rotatable bonds is 5. The summed E-state index contributed by atoms with van der Waals surface area (Å²) in [5, 5.41) is 13.2. The molecular weight excluding hydrogens is 318 g/mol. The minimum Gasteiger partial charge on any atom is -0.504 e. The van der Waals surface area contributed by atoms with Gasteiger partial charge in [-0.1, -0.05) is 40.2 Å². The third-order valence-corrected chi connectivity index (χ3v) is 3.95. The molecule has 0 fully saturated rings. The summed E-state index contributed by atoms with van der Waals surface area (Å²) < 4.78 is 6.13. The number of ether oxygens (including phenoxy) is 1. The number of methoxy groups -OCH3 is 1. The van der Waals surface area contributed by atoms with E-state index in [2.05, 4.69) is 34.2 Å². The summed E-state index contributed by atoms with van der Waals surface area (Å²) >= 11 is 3.56. The van der Waals surface area contributed by atoms with Crippen LogP contribution in [0.2, 0.25) is 0 Å². The molecule has 0 aliphatic rings. The largest absolute Gasteiger partial charge is 0.504 e. The van der Waals surface area contributed by atoms with E-state index in [1.165, 1.54) is 5.56 Å². The van der Waals surface area contributed by atoms with E-state index in [4.69, 9.17) is 4.74 Å². The van der Waals surface area contributed by atoms with Gasteiger partial charge in [0.05, 0.1) is 7.11 Å². The lowest BCUT2D eigenvalue weighted by Crippen LogP contribution is -2.18. The van der Waals surface area contributed by atoms with Gasteiger partial charge < -0.3 is 15.2 Å². The summed E-state index contributed by atoms with van der Waals surface area (Å²) in [5.41, 5.74) is 2.23. The van der Waals surface area contributed by atoms with E-state index in [0.717, 1.165) is 10.0 Å². The highest BCUT2D eigenvalue weighted by Crippen LogP contribution is 2.27. The van der Waals surface area contributed by atoms with E-state index in [1.807, 2.05) is 24.3 Å². The zero-order valence-electron chi connectivity index (χ0n) is 11.6. The van der Waals surface area contributed by atoms with Crippen LogP contribution >= 0.6 is 15.9 Å². The zero-order chi connectivity index (χ0) is 14.5. The Morgan fingerprint density at radius 1 is 1.25 bits per heavy atom. The Morgan fingerprint density at radius 2 is 2.00 bits per heavy atom. The molecule has 0 bridgehead atoms. The van der Waals surface area contributed by atoms with Gasteiger partial charge in [0.2, 0.25) is 0 Å². The molecular formula is C16H18BrNO2. The first-order chi connectivity index (χ1) is 9.61. The van der Waals surface area contributed by atoms with E-state index in [0.29, 0.717) is 12.3 Å². The fourth-order valence-corrected chi connectivity index (χ4v) is 2.68. The Balaban J connectivity index is 2.02. The molecule has 0 radical (unpaired) electrons. The summed E-state index contributed by atoms with van der Waals surface area (Å²) in [6.07, 6.45) is 0. The maximum absolute atomic E-state index is 9.76. The van der Waals surface area contributed by atoms with Crippen LogP contribution in [0.5, 0.6) is 11.5 Å². The molecule has 106 valence electrons. The molecule has 1 atom stereocenters. The van der Waals surface area contributed by atoms with Gasteiger partial charge in [-0.3, -0.25) is 0 Å². The lowest BCUT2D eigenvalue weighted by atomic mass is 10.1. The standard InChI is InChI=1S/C16H18BrNO2/c1-11(13-5-3-4-6-14(13)17)18-10-12-7-8-16(20-2)15(19)9-12/h3-9,11,18-19H,10H2,1-2H3. The van der Waals surface area contributed by atoms with E-state index < -0.39 is 0 Å². The normalized spacial score (nSPS) is 12.2. The van der Waals surface area contributed by atoms with Crippen molar-refractivity contribution in [2.24, 2.45) is 0 Å². The topological polar surface area (TPSA) is 41.5 Å². The summed E-state index contributed by atoms with van der Waals surface area (Å²) in [7, 11) is 1.54. The van der Waals surface area contributed by atoms with E-state index in [1.54, 1.807) is 19.2 Å². The maximum atomic E-state index is 9.76. The van der Waals surface area contributed by atoms with Crippen LogP contribution in [-0.4, -0.2) is 12.2 Å². The van der Waals surface area contributed by atoms with Crippen molar-refractivity contribution in [3.05, 3.63) is 58.1 Å². The van der Waals surface area contributed by atoms with Crippen molar-refractivity contribution in [2.75, 3.05) is 7.11 Å². The van der Waals surface area contributed by atoms with Gasteiger partial charge in [0.15, 0.2) is 11.5 Å². The molecule has 2 aromatic rings. The monoisotopic (exact) mass is 335 g/mol. The Hall–Kier alpha value is -1.52. The summed E-state index contributed by atoms with van der Waals surface area (Å²) in [5.74, 6) is 0.660. The molecule has 0 heterocycles. The van der Waals surface area contributed by atoms with Crippen molar-refractivity contribution in [2.45, 2.75) is 19.5 Å². The maximum Gasteiger partial charge on any atom is 0.160 e. The van der Waals surface area contributed by atoms with E-state index in [-0.39, 0.29) is 11.8 Å². The fourth-order valence-electron chi connectivity index (χ4n) is 2.05. The van der Waals surface area contributed by atoms with Crippen molar-refractivity contribution >= 4 is 15.9 Å². The summed E-state index contributed by atoms with van der Waals surface area (Å²) in [4.78, 5) is 0. The van der Waals surface area contributed by atoms with E-state index >= 15 is 0 Å². The third-order valence-electron chi connectivity index (χ3n) is 3.23. The number of phenolic OH excluding ortho intramolecular Hbond substituents is 1. The van der Waals surface area contributed by atoms with Crippen LogP contribution < -0.4 is 10.1 Å². The van der Waals surface area contributed by atoms with Crippen molar-refractivity contribution < 1.29 is 9.84 Å². The minimum absolute atomic E-state index is 0.167.